The summed E-state index contributed by atoms with van der Waals surface area (Å²) in [5, 5.41) is 38.0. The lowest BCUT2D eigenvalue weighted by Crippen LogP contribution is -2.32. The molecule has 1 atom stereocenters. The van der Waals surface area contributed by atoms with Gasteiger partial charge in [-0.1, -0.05) is 6.92 Å². The van der Waals surface area contributed by atoms with Crippen LogP contribution in [0.1, 0.15) is 37.1 Å². The Morgan fingerprint density at radius 1 is 1.09 bits per heavy atom. The van der Waals surface area contributed by atoms with Crippen molar-refractivity contribution in [1.82, 2.24) is 14.6 Å². The molecule has 1 unspecified atom stereocenters. The summed E-state index contributed by atoms with van der Waals surface area (Å²) in [6.07, 6.45) is 2.68. The Morgan fingerprint density at radius 3 is 2.47 bits per heavy atom. The number of nitrogens with zero attached hydrogens (tertiary/aromatic N) is 7. The number of nitro groups is 3. The highest BCUT2D eigenvalue weighted by Gasteiger charge is 2.32. The molecule has 0 amide bonds. The Morgan fingerprint density at radius 2 is 1.82 bits per heavy atom. The number of hydrogen-bond acceptors (Lipinski definition) is 10. The van der Waals surface area contributed by atoms with E-state index in [9.17, 15) is 30.3 Å². The van der Waals surface area contributed by atoms with Crippen LogP contribution in [0.25, 0.3) is 5.65 Å². The monoisotopic (exact) mass is 471 g/mol. The summed E-state index contributed by atoms with van der Waals surface area (Å²) in [6.45, 7) is 4.56. The maximum atomic E-state index is 11.5. The Hall–Kier alpha value is -4.20. The maximum Gasteiger partial charge on any atom is 0.333 e. The number of benzene rings is 1. The van der Waals surface area contributed by atoms with E-state index >= 15 is 0 Å². The molecule has 2 aromatic heterocycles. The van der Waals surface area contributed by atoms with Crippen molar-refractivity contribution in [3.8, 4) is 0 Å². The van der Waals surface area contributed by atoms with Crippen LogP contribution in [0.2, 0.25) is 0 Å². The summed E-state index contributed by atoms with van der Waals surface area (Å²) in [7, 11) is 0. The van der Waals surface area contributed by atoms with Crippen LogP contribution in [-0.2, 0) is 24.4 Å². The SMILES string of the molecule is CCC(C)N1CCc2c(COCc3ccc([N+](=O)[O-])cc3[N+](=O)[O-])nc3c([N+](=O)[O-])cnn3c21. The third-order valence-corrected chi connectivity index (χ3v) is 5.95. The molecule has 0 spiro atoms. The van der Waals surface area contributed by atoms with Crippen LogP contribution in [0, 0.1) is 30.3 Å². The molecule has 3 heterocycles. The molecule has 0 bridgehead atoms. The number of rotatable bonds is 9. The van der Waals surface area contributed by atoms with Crippen molar-refractivity contribution in [2.24, 2.45) is 0 Å². The quantitative estimate of drug-likeness (QED) is 0.333. The second-order valence-corrected chi connectivity index (χ2v) is 7.90. The van der Waals surface area contributed by atoms with Crippen LogP contribution >= 0.6 is 0 Å². The summed E-state index contributed by atoms with van der Waals surface area (Å²) in [4.78, 5) is 38.4. The van der Waals surface area contributed by atoms with E-state index < -0.39 is 26.1 Å². The molecule has 1 aliphatic rings. The number of nitro benzene ring substituents is 2. The molecule has 34 heavy (non-hydrogen) atoms. The molecule has 0 saturated carbocycles. The predicted octanol–water partition coefficient (Wildman–Crippen LogP) is 3.33. The number of hydrogen-bond donors (Lipinski definition) is 0. The molecule has 0 radical (unpaired) electrons. The zero-order valence-electron chi connectivity index (χ0n) is 18.4. The normalized spacial score (nSPS) is 13.8. The highest BCUT2D eigenvalue weighted by atomic mass is 16.6. The molecular weight excluding hydrogens is 450 g/mol. The van der Waals surface area contributed by atoms with E-state index in [-0.39, 0.29) is 36.2 Å². The number of ether oxygens (including phenoxy) is 1. The molecule has 1 aliphatic heterocycles. The van der Waals surface area contributed by atoms with E-state index in [4.69, 9.17) is 4.74 Å². The van der Waals surface area contributed by atoms with Gasteiger partial charge in [0.25, 0.3) is 11.4 Å². The molecule has 0 fully saturated rings. The Bertz CT molecular complexity index is 1310. The van der Waals surface area contributed by atoms with Gasteiger partial charge in [-0.2, -0.15) is 9.61 Å². The molecule has 14 nitrogen and oxygen atoms in total. The van der Waals surface area contributed by atoms with Crippen molar-refractivity contribution < 1.29 is 19.5 Å². The summed E-state index contributed by atoms with van der Waals surface area (Å²) in [6, 6.07) is 3.52. The van der Waals surface area contributed by atoms with Gasteiger partial charge in [0.05, 0.1) is 45.3 Å². The molecule has 0 saturated heterocycles. The van der Waals surface area contributed by atoms with E-state index in [1.54, 1.807) is 0 Å². The lowest BCUT2D eigenvalue weighted by atomic mass is 10.1. The molecule has 0 N–H and O–H groups in total. The zero-order chi connectivity index (χ0) is 24.6. The first-order chi connectivity index (χ1) is 16.2. The summed E-state index contributed by atoms with van der Waals surface area (Å²) in [5.41, 5.74) is 0.566. The summed E-state index contributed by atoms with van der Waals surface area (Å²) >= 11 is 0. The van der Waals surface area contributed by atoms with E-state index in [0.717, 1.165) is 23.9 Å². The van der Waals surface area contributed by atoms with Gasteiger partial charge in [0.15, 0.2) is 0 Å². The van der Waals surface area contributed by atoms with Gasteiger partial charge in [0, 0.05) is 24.2 Å². The standard InChI is InChI=1S/C20H21N7O7/c1-3-12(2)23-7-6-15-16(22-19-18(27(32)33)9-21-24(19)20(15)23)11-34-10-13-4-5-14(25(28)29)8-17(13)26(30)31/h4-5,8-9,12H,3,6-7,10-11H2,1-2H3. The molecule has 178 valence electrons. The molecule has 4 rings (SSSR count). The second kappa shape index (κ2) is 8.97. The first-order valence-corrected chi connectivity index (χ1v) is 10.5. The molecule has 1 aromatic carbocycles. The first kappa shape index (κ1) is 23.0. The molecular formula is C20H21N7O7. The third kappa shape index (κ3) is 3.98. The predicted molar refractivity (Wildman–Crippen MR) is 119 cm³/mol. The minimum absolute atomic E-state index is 0.0519. The van der Waals surface area contributed by atoms with Gasteiger partial charge >= 0.3 is 5.69 Å². The third-order valence-electron chi connectivity index (χ3n) is 5.95. The van der Waals surface area contributed by atoms with Crippen LogP contribution in [0.4, 0.5) is 22.9 Å². The fourth-order valence-corrected chi connectivity index (χ4v) is 4.05. The zero-order valence-corrected chi connectivity index (χ0v) is 18.4. The van der Waals surface area contributed by atoms with Gasteiger partial charge in [-0.3, -0.25) is 30.3 Å². The number of anilines is 1. The first-order valence-electron chi connectivity index (χ1n) is 10.5. The van der Waals surface area contributed by atoms with E-state index in [1.165, 1.54) is 22.8 Å². The van der Waals surface area contributed by atoms with Crippen LogP contribution in [0.3, 0.4) is 0 Å². The minimum atomic E-state index is -0.707. The molecule has 0 aliphatic carbocycles. The van der Waals surface area contributed by atoms with Crippen molar-refractivity contribution in [3.05, 3.63) is 71.6 Å². The average Bonchev–Trinajstić information content (AvgIpc) is 3.42. The van der Waals surface area contributed by atoms with E-state index in [0.29, 0.717) is 18.7 Å². The fourth-order valence-electron chi connectivity index (χ4n) is 4.05. The van der Waals surface area contributed by atoms with Crippen LogP contribution in [-0.4, -0.2) is 42.0 Å². The molecule has 3 aromatic rings. The van der Waals surface area contributed by atoms with Crippen molar-refractivity contribution in [1.29, 1.82) is 0 Å². The van der Waals surface area contributed by atoms with E-state index in [2.05, 4.69) is 21.9 Å². The Balaban J connectivity index is 1.67. The average molecular weight is 471 g/mol. The van der Waals surface area contributed by atoms with Gasteiger partial charge in [-0.05, 0) is 25.8 Å². The molecule has 14 heteroatoms. The lowest BCUT2D eigenvalue weighted by molar-refractivity contribution is -0.394. The smallest absolute Gasteiger partial charge is 0.333 e. The van der Waals surface area contributed by atoms with Crippen molar-refractivity contribution >= 4 is 28.5 Å². The minimum Gasteiger partial charge on any atom is -0.370 e. The van der Waals surface area contributed by atoms with Crippen molar-refractivity contribution in [2.75, 3.05) is 11.4 Å². The maximum absolute atomic E-state index is 11.5. The summed E-state index contributed by atoms with van der Waals surface area (Å²) < 4.78 is 7.20. The van der Waals surface area contributed by atoms with Gasteiger partial charge in [0.2, 0.25) is 5.65 Å². The lowest BCUT2D eigenvalue weighted by Gasteiger charge is -2.26. The largest absolute Gasteiger partial charge is 0.370 e. The fraction of sp³-hybridized carbons (Fsp3) is 0.400. The van der Waals surface area contributed by atoms with Crippen LogP contribution < -0.4 is 4.90 Å². The van der Waals surface area contributed by atoms with Crippen molar-refractivity contribution in [3.63, 3.8) is 0 Å². The van der Waals surface area contributed by atoms with Crippen LogP contribution in [0.5, 0.6) is 0 Å². The Kier molecular flexibility index (Phi) is 6.06. The van der Waals surface area contributed by atoms with Gasteiger partial charge < -0.3 is 9.64 Å². The highest BCUT2D eigenvalue weighted by Crippen LogP contribution is 2.35. The van der Waals surface area contributed by atoms with Crippen LogP contribution in [0.15, 0.2) is 24.4 Å². The Labute approximate surface area is 192 Å². The number of fused-ring (bicyclic) bond motifs is 3. The van der Waals surface area contributed by atoms with Crippen molar-refractivity contribution in [2.45, 2.75) is 45.9 Å². The van der Waals surface area contributed by atoms with E-state index in [1.807, 2.05) is 6.92 Å². The highest BCUT2D eigenvalue weighted by molar-refractivity contribution is 5.67. The summed E-state index contributed by atoms with van der Waals surface area (Å²) in [5.74, 6) is 0.729. The topological polar surface area (TPSA) is 172 Å². The van der Waals surface area contributed by atoms with Gasteiger partial charge in [-0.15, -0.1) is 0 Å². The van der Waals surface area contributed by atoms with Gasteiger partial charge in [-0.25, -0.2) is 4.98 Å². The van der Waals surface area contributed by atoms with Gasteiger partial charge in [0.1, 0.15) is 12.0 Å². The number of non-ortho nitro benzene ring substituents is 1. The number of aromatic nitrogens is 3. The second-order valence-electron chi connectivity index (χ2n) is 7.90.